The zero-order valence-corrected chi connectivity index (χ0v) is 38.4. The predicted molar refractivity (Wildman–Crippen MR) is 256 cm³/mol. The van der Waals surface area contributed by atoms with Crippen LogP contribution in [-0.2, 0) is 28.6 Å². The molecule has 0 radical (unpaired) electrons. The van der Waals surface area contributed by atoms with Crippen LogP contribution in [0.2, 0.25) is 0 Å². The molecule has 1 atom stereocenters. The van der Waals surface area contributed by atoms with Crippen LogP contribution in [0.1, 0.15) is 194 Å². The average Bonchev–Trinajstić information content (AvgIpc) is 3.24. The molecular weight excluding hydrogens is 745 g/mol. The number of esters is 3. The summed E-state index contributed by atoms with van der Waals surface area (Å²) >= 11 is 0. The summed E-state index contributed by atoms with van der Waals surface area (Å²) in [6.07, 6.45) is 63.6. The molecule has 0 bridgehead atoms. The smallest absolute Gasteiger partial charge is 0.306 e. The van der Waals surface area contributed by atoms with E-state index >= 15 is 0 Å². The van der Waals surface area contributed by atoms with E-state index in [1.54, 1.807) is 0 Å². The second-order valence-electron chi connectivity index (χ2n) is 15.3. The standard InChI is InChI=1S/C54H86O6/c1-4-7-10-13-16-19-22-25-27-30-32-35-38-41-44-47-53(56)59-50-51(49-58-52(55)46-43-40-37-34-31-28-24-21-18-15-12-9-6-3)60-54(57)48-45-42-39-36-33-29-26-23-20-17-14-11-8-5-2/h7-8,10-11,13,16-17,19-20,22,25-29,31,37,40,51H,4-6,9,12,14-15,18,21,23-24,30,32-36,38-39,41-50H2,1-3H3/b10-7+,11-8+,16-13+,20-17+,22-19+,27-25+,29-26+,31-28+,40-37+. The Morgan fingerprint density at radius 2 is 0.767 bits per heavy atom. The maximum absolute atomic E-state index is 12.7. The lowest BCUT2D eigenvalue weighted by Gasteiger charge is -2.18. The summed E-state index contributed by atoms with van der Waals surface area (Å²) in [5.74, 6) is -1.04. The van der Waals surface area contributed by atoms with Crippen LogP contribution in [0.25, 0.3) is 0 Å². The van der Waals surface area contributed by atoms with E-state index < -0.39 is 6.10 Å². The highest BCUT2D eigenvalue weighted by Gasteiger charge is 2.19. The van der Waals surface area contributed by atoms with Crippen LogP contribution in [-0.4, -0.2) is 37.2 Å². The number of ether oxygens (including phenoxy) is 3. The molecule has 338 valence electrons. The Morgan fingerprint density at radius 3 is 1.32 bits per heavy atom. The van der Waals surface area contributed by atoms with E-state index in [2.05, 4.69) is 99.8 Å². The lowest BCUT2D eigenvalue weighted by atomic mass is 10.1. The molecule has 0 aliphatic heterocycles. The lowest BCUT2D eigenvalue weighted by Crippen LogP contribution is -2.30. The molecule has 0 saturated heterocycles. The highest BCUT2D eigenvalue weighted by Crippen LogP contribution is 2.12. The summed E-state index contributed by atoms with van der Waals surface area (Å²) in [4.78, 5) is 37.8. The van der Waals surface area contributed by atoms with E-state index in [4.69, 9.17) is 14.2 Å². The molecule has 1 unspecified atom stereocenters. The van der Waals surface area contributed by atoms with Crippen molar-refractivity contribution in [3.8, 4) is 0 Å². The van der Waals surface area contributed by atoms with Crippen LogP contribution in [0.15, 0.2) is 109 Å². The van der Waals surface area contributed by atoms with Crippen molar-refractivity contribution in [1.82, 2.24) is 0 Å². The Morgan fingerprint density at radius 1 is 0.367 bits per heavy atom. The fourth-order valence-corrected chi connectivity index (χ4v) is 6.05. The van der Waals surface area contributed by atoms with Crippen molar-refractivity contribution in [1.29, 1.82) is 0 Å². The highest BCUT2D eigenvalue weighted by molar-refractivity contribution is 5.71. The van der Waals surface area contributed by atoms with Crippen molar-refractivity contribution < 1.29 is 28.6 Å². The second kappa shape index (κ2) is 47.7. The Balaban J connectivity index is 4.56. The fourth-order valence-electron chi connectivity index (χ4n) is 6.05. The van der Waals surface area contributed by atoms with Gasteiger partial charge < -0.3 is 14.2 Å². The molecule has 0 amide bonds. The minimum atomic E-state index is -0.823. The summed E-state index contributed by atoms with van der Waals surface area (Å²) in [6, 6.07) is 0. The van der Waals surface area contributed by atoms with Crippen molar-refractivity contribution in [3.63, 3.8) is 0 Å². The molecule has 0 aromatic rings. The SMILES string of the molecule is CC/C=C/C=C/C=C/C=C/CCCCCCCC(=O)OCC(COC(=O)CC/C=C/C/C=C/CCCCCCCC)OC(=O)CCCCCC/C=C/C/C=C/C/C=C/CC. The van der Waals surface area contributed by atoms with Gasteiger partial charge in [-0.2, -0.15) is 0 Å². The summed E-state index contributed by atoms with van der Waals surface area (Å²) in [5.41, 5.74) is 0. The van der Waals surface area contributed by atoms with Gasteiger partial charge in [-0.05, 0) is 89.9 Å². The van der Waals surface area contributed by atoms with Crippen LogP contribution in [0, 0.1) is 0 Å². The Kier molecular flexibility index (Phi) is 44.6. The quantitative estimate of drug-likeness (QED) is 0.0201. The number of hydrogen-bond acceptors (Lipinski definition) is 6. The number of allylic oxidation sites excluding steroid dienone is 18. The van der Waals surface area contributed by atoms with Gasteiger partial charge in [0, 0.05) is 19.3 Å². The lowest BCUT2D eigenvalue weighted by molar-refractivity contribution is -0.166. The van der Waals surface area contributed by atoms with Gasteiger partial charge in [-0.3, -0.25) is 14.4 Å². The summed E-state index contributed by atoms with van der Waals surface area (Å²) in [7, 11) is 0. The van der Waals surface area contributed by atoms with Gasteiger partial charge in [-0.25, -0.2) is 0 Å². The molecule has 0 rings (SSSR count). The van der Waals surface area contributed by atoms with Crippen molar-refractivity contribution in [2.24, 2.45) is 0 Å². The van der Waals surface area contributed by atoms with Gasteiger partial charge in [0.1, 0.15) is 13.2 Å². The molecule has 0 fully saturated rings. The Labute approximate surface area is 368 Å². The molecule has 0 saturated carbocycles. The van der Waals surface area contributed by atoms with Crippen molar-refractivity contribution in [2.45, 2.75) is 200 Å². The predicted octanol–water partition coefficient (Wildman–Crippen LogP) is 15.6. The summed E-state index contributed by atoms with van der Waals surface area (Å²) < 4.78 is 16.6. The van der Waals surface area contributed by atoms with Gasteiger partial charge in [0.25, 0.3) is 0 Å². The minimum Gasteiger partial charge on any atom is -0.462 e. The first kappa shape index (κ1) is 56.1. The van der Waals surface area contributed by atoms with Gasteiger partial charge in [0.15, 0.2) is 6.10 Å². The largest absolute Gasteiger partial charge is 0.462 e. The van der Waals surface area contributed by atoms with E-state index in [-0.39, 0.29) is 44.0 Å². The molecule has 6 heteroatoms. The van der Waals surface area contributed by atoms with Gasteiger partial charge in [-0.1, -0.05) is 194 Å². The third kappa shape index (κ3) is 45.2. The Bertz CT molecular complexity index is 1280. The first-order chi connectivity index (χ1) is 29.5. The number of carbonyl (C=O) groups is 3. The van der Waals surface area contributed by atoms with Crippen LogP contribution < -0.4 is 0 Å². The average molecular weight is 831 g/mol. The molecule has 0 aliphatic carbocycles. The second-order valence-corrected chi connectivity index (χ2v) is 15.3. The van der Waals surface area contributed by atoms with E-state index in [9.17, 15) is 14.4 Å². The van der Waals surface area contributed by atoms with E-state index in [0.717, 1.165) is 109 Å². The molecule has 0 aromatic heterocycles. The van der Waals surface area contributed by atoms with E-state index in [0.29, 0.717) is 12.8 Å². The first-order valence-corrected chi connectivity index (χ1v) is 23.9. The fraction of sp³-hybridized carbons (Fsp3) is 0.611. The number of rotatable bonds is 41. The normalized spacial score (nSPS) is 13.1. The molecule has 0 aromatic carbocycles. The number of hydrogen-bond donors (Lipinski definition) is 0. The number of carbonyl (C=O) groups excluding carboxylic acids is 3. The van der Waals surface area contributed by atoms with Gasteiger partial charge >= 0.3 is 17.9 Å². The maximum Gasteiger partial charge on any atom is 0.306 e. The minimum absolute atomic E-state index is 0.119. The molecule has 0 N–H and O–H groups in total. The third-order valence-electron chi connectivity index (χ3n) is 9.60. The first-order valence-electron chi connectivity index (χ1n) is 23.9. The maximum atomic E-state index is 12.7. The molecule has 60 heavy (non-hydrogen) atoms. The topological polar surface area (TPSA) is 78.9 Å². The zero-order chi connectivity index (χ0) is 43.7. The highest BCUT2D eigenvalue weighted by atomic mass is 16.6. The summed E-state index contributed by atoms with van der Waals surface area (Å²) in [6.45, 7) is 6.26. The Hall–Kier alpha value is -3.93. The van der Waals surface area contributed by atoms with E-state index in [1.807, 2.05) is 30.4 Å². The van der Waals surface area contributed by atoms with Crippen molar-refractivity contribution in [2.75, 3.05) is 13.2 Å². The molecule has 0 heterocycles. The molecular formula is C54H86O6. The van der Waals surface area contributed by atoms with Crippen LogP contribution in [0.4, 0.5) is 0 Å². The monoisotopic (exact) mass is 831 g/mol. The van der Waals surface area contributed by atoms with Crippen molar-refractivity contribution >= 4 is 17.9 Å². The van der Waals surface area contributed by atoms with E-state index in [1.165, 1.54) is 38.5 Å². The molecule has 0 aliphatic rings. The van der Waals surface area contributed by atoms with Gasteiger partial charge in [-0.15, -0.1) is 0 Å². The third-order valence-corrected chi connectivity index (χ3v) is 9.60. The zero-order valence-electron chi connectivity index (χ0n) is 38.4. The van der Waals surface area contributed by atoms with Crippen LogP contribution in [0.3, 0.4) is 0 Å². The molecule has 0 spiro atoms. The van der Waals surface area contributed by atoms with Crippen LogP contribution >= 0.6 is 0 Å². The van der Waals surface area contributed by atoms with Crippen molar-refractivity contribution in [3.05, 3.63) is 109 Å². The van der Waals surface area contributed by atoms with Gasteiger partial charge in [0.2, 0.25) is 0 Å². The number of unbranched alkanes of at least 4 members (excludes halogenated alkanes) is 15. The summed E-state index contributed by atoms with van der Waals surface area (Å²) in [5, 5.41) is 0. The van der Waals surface area contributed by atoms with Gasteiger partial charge in [0.05, 0.1) is 0 Å². The molecule has 6 nitrogen and oxygen atoms in total. The van der Waals surface area contributed by atoms with Crippen LogP contribution in [0.5, 0.6) is 0 Å².